The van der Waals surface area contributed by atoms with Crippen LogP contribution in [-0.2, 0) is 10.0 Å². The van der Waals surface area contributed by atoms with Gasteiger partial charge in [0, 0.05) is 12.0 Å². The fourth-order valence-electron chi connectivity index (χ4n) is 1.18. The van der Waals surface area contributed by atoms with Crippen LogP contribution in [0, 0.1) is 29.0 Å². The summed E-state index contributed by atoms with van der Waals surface area (Å²) in [5.41, 5.74) is 0.136. The van der Waals surface area contributed by atoms with E-state index in [1.54, 1.807) is 0 Å². The lowest BCUT2D eigenvalue weighted by Crippen LogP contribution is -2.16. The maximum atomic E-state index is 13.6. The summed E-state index contributed by atoms with van der Waals surface area (Å²) in [5.74, 6) is 3.71. The maximum absolute atomic E-state index is 13.6. The summed E-state index contributed by atoms with van der Waals surface area (Å²) in [5, 5.41) is 16.9. The highest BCUT2D eigenvalue weighted by atomic mass is 32.2. The molecular weight excluding hydrogens is 271 g/mol. The maximum Gasteiger partial charge on any atom is 0.246 e. The van der Waals surface area contributed by atoms with Gasteiger partial charge in [-0.15, -0.1) is 0 Å². The molecule has 0 heterocycles. The van der Waals surface area contributed by atoms with Crippen LogP contribution in [-0.4, -0.2) is 25.9 Å². The molecule has 0 unspecified atom stereocenters. The second-order valence-corrected chi connectivity index (χ2v) is 5.21. The molecule has 0 spiro atoms. The van der Waals surface area contributed by atoms with E-state index in [0.29, 0.717) is 5.56 Å². The van der Waals surface area contributed by atoms with Crippen LogP contribution in [0.4, 0.5) is 10.1 Å². The Labute approximate surface area is 110 Å². The third kappa shape index (κ3) is 4.96. The van der Waals surface area contributed by atoms with Gasteiger partial charge in [0.1, 0.15) is 5.82 Å². The van der Waals surface area contributed by atoms with Gasteiger partial charge in [0.25, 0.3) is 0 Å². The molecule has 0 aromatic heterocycles. The number of hydrogen-bond acceptors (Lipinski definition) is 4. The molecule has 19 heavy (non-hydrogen) atoms. The van der Waals surface area contributed by atoms with E-state index < -0.39 is 21.6 Å². The van der Waals surface area contributed by atoms with E-state index >= 15 is 0 Å². The fourth-order valence-corrected chi connectivity index (χ4v) is 1.93. The molecule has 0 amide bonds. The van der Waals surface area contributed by atoms with Gasteiger partial charge in [-0.2, -0.15) is 5.26 Å². The van der Waals surface area contributed by atoms with Crippen LogP contribution >= 0.6 is 0 Å². The number of rotatable bonds is 4. The molecule has 0 bridgehead atoms. The number of benzene rings is 1. The largest absolute Gasteiger partial charge is 0.395 e. The summed E-state index contributed by atoms with van der Waals surface area (Å²) in [6.07, 6.45) is 0.276. The first kappa shape index (κ1) is 15.0. The summed E-state index contributed by atoms with van der Waals surface area (Å²) < 4.78 is 38.2. The van der Waals surface area contributed by atoms with Gasteiger partial charge in [-0.25, -0.2) is 12.8 Å². The number of aliphatic hydroxyl groups is 1. The molecule has 0 fully saturated rings. The van der Waals surface area contributed by atoms with Crippen molar-refractivity contribution in [3.8, 4) is 17.9 Å². The average Bonchev–Trinajstić information content (AvgIpc) is 2.32. The van der Waals surface area contributed by atoms with Crippen LogP contribution in [0.5, 0.6) is 0 Å². The number of aliphatic hydroxyl groups excluding tert-OH is 1. The van der Waals surface area contributed by atoms with E-state index in [2.05, 4.69) is 11.8 Å². The first-order chi connectivity index (χ1) is 8.98. The van der Waals surface area contributed by atoms with Crippen molar-refractivity contribution in [1.29, 1.82) is 5.26 Å². The molecule has 5 nitrogen and oxygen atoms in total. The Morgan fingerprint density at radius 1 is 1.42 bits per heavy atom. The Morgan fingerprint density at radius 2 is 2.16 bits per heavy atom. The average molecular weight is 282 g/mol. The van der Waals surface area contributed by atoms with Crippen LogP contribution in [0.15, 0.2) is 18.2 Å². The van der Waals surface area contributed by atoms with Crippen molar-refractivity contribution < 1.29 is 17.9 Å². The van der Waals surface area contributed by atoms with Crippen molar-refractivity contribution in [2.75, 3.05) is 17.1 Å². The number of sulfonamides is 1. The monoisotopic (exact) mass is 282 g/mol. The predicted octanol–water partition coefficient (Wildman–Crippen LogP) is 0.825. The third-order valence-electron chi connectivity index (χ3n) is 1.96. The van der Waals surface area contributed by atoms with Gasteiger partial charge in [0.05, 0.1) is 18.4 Å². The van der Waals surface area contributed by atoms with Gasteiger partial charge in [-0.1, -0.05) is 11.8 Å². The lowest BCUT2D eigenvalue weighted by atomic mass is 10.2. The van der Waals surface area contributed by atoms with Crippen LogP contribution in [0.25, 0.3) is 0 Å². The Kier molecular flexibility index (Phi) is 5.31. The number of halogens is 1. The van der Waals surface area contributed by atoms with Crippen molar-refractivity contribution in [3.63, 3.8) is 0 Å². The zero-order valence-corrected chi connectivity index (χ0v) is 10.7. The molecule has 0 atom stereocenters. The zero-order valence-electron chi connectivity index (χ0n) is 9.85. The van der Waals surface area contributed by atoms with Gasteiger partial charge in [0.15, 0.2) is 5.75 Å². The minimum absolute atomic E-state index is 0.0818. The second-order valence-electron chi connectivity index (χ2n) is 3.49. The van der Waals surface area contributed by atoms with E-state index in [1.165, 1.54) is 18.2 Å². The highest BCUT2D eigenvalue weighted by Gasteiger charge is 2.12. The van der Waals surface area contributed by atoms with Crippen molar-refractivity contribution in [2.45, 2.75) is 6.42 Å². The highest BCUT2D eigenvalue weighted by Crippen LogP contribution is 2.16. The van der Waals surface area contributed by atoms with E-state index in [4.69, 9.17) is 10.4 Å². The summed E-state index contributed by atoms with van der Waals surface area (Å²) in [7, 11) is -3.86. The minimum atomic E-state index is -3.86. The van der Waals surface area contributed by atoms with Crippen molar-refractivity contribution in [2.24, 2.45) is 0 Å². The summed E-state index contributed by atoms with van der Waals surface area (Å²) in [4.78, 5) is 0. The van der Waals surface area contributed by atoms with Gasteiger partial charge < -0.3 is 5.11 Å². The first-order valence-corrected chi connectivity index (χ1v) is 6.90. The number of anilines is 1. The van der Waals surface area contributed by atoms with E-state index in [9.17, 15) is 12.8 Å². The number of nitriles is 1. The lowest BCUT2D eigenvalue weighted by molar-refractivity contribution is 0.305. The van der Waals surface area contributed by atoms with Crippen molar-refractivity contribution >= 4 is 15.7 Å². The number of nitrogens with zero attached hydrogens (tertiary/aromatic N) is 1. The molecule has 100 valence electrons. The molecule has 0 aliphatic rings. The van der Waals surface area contributed by atoms with E-state index in [0.717, 1.165) is 6.07 Å². The number of nitrogens with one attached hydrogen (secondary N) is 1. The Hall–Kier alpha value is -2.09. The number of hydrogen-bond donors (Lipinski definition) is 2. The molecule has 2 N–H and O–H groups in total. The van der Waals surface area contributed by atoms with Gasteiger partial charge in [-0.3, -0.25) is 4.72 Å². The van der Waals surface area contributed by atoms with Crippen LogP contribution < -0.4 is 4.72 Å². The molecule has 0 saturated heterocycles. The van der Waals surface area contributed by atoms with E-state index in [-0.39, 0.29) is 18.7 Å². The van der Waals surface area contributed by atoms with Crippen LogP contribution in [0.1, 0.15) is 12.0 Å². The van der Waals surface area contributed by atoms with Crippen LogP contribution in [0.3, 0.4) is 0 Å². The minimum Gasteiger partial charge on any atom is -0.395 e. The SMILES string of the molecule is N#CCS(=O)(=O)Nc1ccc(C#CCCO)cc1F. The summed E-state index contributed by atoms with van der Waals surface area (Å²) >= 11 is 0. The topological polar surface area (TPSA) is 90.2 Å². The normalized spacial score (nSPS) is 10.2. The molecular formula is C12H11FN2O3S. The van der Waals surface area contributed by atoms with Gasteiger partial charge in [-0.05, 0) is 18.2 Å². The van der Waals surface area contributed by atoms with Crippen molar-refractivity contribution in [3.05, 3.63) is 29.6 Å². The molecule has 1 aromatic rings. The Morgan fingerprint density at radius 3 is 2.74 bits per heavy atom. The highest BCUT2D eigenvalue weighted by molar-refractivity contribution is 7.92. The molecule has 1 aromatic carbocycles. The predicted molar refractivity (Wildman–Crippen MR) is 68.0 cm³/mol. The van der Waals surface area contributed by atoms with Crippen LogP contribution in [0.2, 0.25) is 0 Å². The summed E-state index contributed by atoms with van der Waals surface area (Å²) in [6, 6.07) is 5.22. The van der Waals surface area contributed by atoms with Gasteiger partial charge in [0.2, 0.25) is 10.0 Å². The summed E-state index contributed by atoms with van der Waals surface area (Å²) in [6.45, 7) is -0.0818. The smallest absolute Gasteiger partial charge is 0.246 e. The fraction of sp³-hybridized carbons (Fsp3) is 0.250. The second kappa shape index (κ2) is 6.74. The quantitative estimate of drug-likeness (QED) is 0.800. The third-order valence-corrected chi connectivity index (χ3v) is 3.00. The molecule has 1 rings (SSSR count). The molecule has 0 saturated carbocycles. The molecule has 0 aliphatic carbocycles. The Balaban J connectivity index is 2.91. The van der Waals surface area contributed by atoms with E-state index in [1.807, 2.05) is 4.72 Å². The standard InChI is InChI=1S/C12H11FN2O3S/c13-11-9-10(3-1-2-7-16)4-5-12(11)15-19(17,18)8-6-14/h4-5,9,15-16H,2,7-8H2. The molecule has 0 radical (unpaired) electrons. The zero-order chi connectivity index (χ0) is 14.3. The first-order valence-electron chi connectivity index (χ1n) is 5.25. The Bertz CT molecular complexity index is 654. The van der Waals surface area contributed by atoms with Crippen molar-refractivity contribution in [1.82, 2.24) is 0 Å². The molecule has 7 heteroatoms. The van der Waals surface area contributed by atoms with Gasteiger partial charge >= 0.3 is 0 Å². The lowest BCUT2D eigenvalue weighted by Gasteiger charge is -2.06. The molecule has 0 aliphatic heterocycles.